The summed E-state index contributed by atoms with van der Waals surface area (Å²) >= 11 is 0. The van der Waals surface area contributed by atoms with E-state index in [1.807, 2.05) is 40.7 Å². The lowest BCUT2D eigenvalue weighted by Crippen LogP contribution is -2.35. The summed E-state index contributed by atoms with van der Waals surface area (Å²) < 4.78 is 28.2. The Morgan fingerprint density at radius 2 is 1.31 bits per heavy atom. The molecule has 26 heavy (non-hydrogen) atoms. The molecular formula is C20H26N2O3S. The number of benzene rings is 2. The summed E-state index contributed by atoms with van der Waals surface area (Å²) in [5.41, 5.74) is 5.19. The van der Waals surface area contributed by atoms with Crippen LogP contribution >= 0.6 is 0 Å². The van der Waals surface area contributed by atoms with Gasteiger partial charge in [-0.05, 0) is 74.6 Å². The van der Waals surface area contributed by atoms with Gasteiger partial charge in [-0.3, -0.25) is 4.79 Å². The van der Waals surface area contributed by atoms with Crippen molar-refractivity contribution >= 4 is 15.9 Å². The second-order valence-electron chi connectivity index (χ2n) is 6.47. The van der Waals surface area contributed by atoms with Gasteiger partial charge < -0.3 is 5.32 Å². The number of hydrogen-bond acceptors (Lipinski definition) is 3. The number of rotatable bonds is 6. The highest BCUT2D eigenvalue weighted by atomic mass is 32.2. The Balaban J connectivity index is 2.07. The molecule has 0 saturated heterocycles. The fourth-order valence-corrected chi connectivity index (χ4v) is 4.62. The largest absolute Gasteiger partial charge is 0.351 e. The van der Waals surface area contributed by atoms with Crippen molar-refractivity contribution in [3.8, 4) is 0 Å². The number of carbonyl (C=O) groups is 1. The Hall–Kier alpha value is -2.18. The minimum atomic E-state index is -3.65. The van der Waals surface area contributed by atoms with Gasteiger partial charge in [-0.15, -0.1) is 0 Å². The minimum absolute atomic E-state index is 0.131. The molecule has 0 atom stereocenters. The third kappa shape index (κ3) is 4.14. The van der Waals surface area contributed by atoms with Gasteiger partial charge in [-0.2, -0.15) is 0 Å². The van der Waals surface area contributed by atoms with Gasteiger partial charge in [0.25, 0.3) is 5.91 Å². The van der Waals surface area contributed by atoms with E-state index in [4.69, 9.17) is 0 Å². The first-order valence-corrected chi connectivity index (χ1v) is 10.0. The monoisotopic (exact) mass is 374 g/mol. The van der Waals surface area contributed by atoms with E-state index >= 15 is 0 Å². The van der Waals surface area contributed by atoms with Crippen LogP contribution in [0.15, 0.2) is 35.2 Å². The van der Waals surface area contributed by atoms with Crippen molar-refractivity contribution in [1.29, 1.82) is 0 Å². The molecule has 0 spiro atoms. The van der Waals surface area contributed by atoms with Gasteiger partial charge in [-0.1, -0.05) is 18.2 Å². The van der Waals surface area contributed by atoms with E-state index in [1.165, 1.54) is 0 Å². The maximum absolute atomic E-state index is 12.8. The van der Waals surface area contributed by atoms with Crippen LogP contribution in [-0.4, -0.2) is 27.4 Å². The topological polar surface area (TPSA) is 75.3 Å². The highest BCUT2D eigenvalue weighted by Crippen LogP contribution is 2.29. The lowest BCUT2D eigenvalue weighted by Gasteiger charge is -2.19. The average Bonchev–Trinajstić information content (AvgIpc) is 2.62. The van der Waals surface area contributed by atoms with Crippen LogP contribution in [0.1, 0.15) is 38.2 Å². The summed E-state index contributed by atoms with van der Waals surface area (Å²) in [6, 6.07) is 8.83. The Kier molecular flexibility index (Phi) is 6.21. The number of nitrogens with one attached hydrogen (secondary N) is 2. The average molecular weight is 375 g/mol. The zero-order chi connectivity index (χ0) is 19.5. The van der Waals surface area contributed by atoms with Gasteiger partial charge in [0.2, 0.25) is 10.0 Å². The molecule has 2 N–H and O–H groups in total. The molecule has 2 rings (SSSR count). The minimum Gasteiger partial charge on any atom is -0.351 e. The summed E-state index contributed by atoms with van der Waals surface area (Å²) in [5, 5.41) is 2.72. The molecule has 0 fully saturated rings. The smallest absolute Gasteiger partial charge is 0.251 e. The van der Waals surface area contributed by atoms with Crippen molar-refractivity contribution in [3.63, 3.8) is 0 Å². The first-order valence-electron chi connectivity index (χ1n) is 8.56. The Morgan fingerprint density at radius 1 is 0.808 bits per heavy atom. The van der Waals surface area contributed by atoms with Gasteiger partial charge in [0.1, 0.15) is 0 Å². The van der Waals surface area contributed by atoms with Crippen LogP contribution in [0.2, 0.25) is 0 Å². The normalized spacial score (nSPS) is 11.4. The van der Waals surface area contributed by atoms with Gasteiger partial charge in [-0.25, -0.2) is 13.1 Å². The molecule has 5 nitrogen and oxygen atoms in total. The van der Waals surface area contributed by atoms with Gasteiger partial charge in [0, 0.05) is 18.7 Å². The van der Waals surface area contributed by atoms with E-state index in [2.05, 4.69) is 10.0 Å². The summed E-state index contributed by atoms with van der Waals surface area (Å²) in [4.78, 5) is 12.3. The summed E-state index contributed by atoms with van der Waals surface area (Å²) in [5.74, 6) is -0.223. The van der Waals surface area contributed by atoms with Gasteiger partial charge >= 0.3 is 0 Å². The summed E-state index contributed by atoms with van der Waals surface area (Å²) in [7, 11) is -3.65. The van der Waals surface area contributed by atoms with Crippen LogP contribution < -0.4 is 10.0 Å². The Morgan fingerprint density at radius 3 is 1.85 bits per heavy atom. The van der Waals surface area contributed by atoms with E-state index in [-0.39, 0.29) is 19.0 Å². The second-order valence-corrected chi connectivity index (χ2v) is 8.18. The molecule has 0 radical (unpaired) electrons. The number of hydrogen-bond donors (Lipinski definition) is 2. The van der Waals surface area contributed by atoms with Gasteiger partial charge in [0.05, 0.1) is 4.90 Å². The van der Waals surface area contributed by atoms with E-state index in [9.17, 15) is 13.2 Å². The van der Waals surface area contributed by atoms with Crippen molar-refractivity contribution in [2.24, 2.45) is 0 Å². The van der Waals surface area contributed by atoms with Crippen LogP contribution in [0, 0.1) is 34.6 Å². The molecule has 2 aromatic rings. The molecule has 6 heteroatoms. The number of carbonyl (C=O) groups excluding carboxylic acids is 1. The molecule has 0 saturated carbocycles. The third-order valence-corrected chi connectivity index (χ3v) is 6.67. The first kappa shape index (κ1) is 20.1. The maximum Gasteiger partial charge on any atom is 0.251 e. The molecule has 0 unspecified atom stereocenters. The molecule has 0 aromatic heterocycles. The molecule has 0 aliphatic carbocycles. The van der Waals surface area contributed by atoms with E-state index in [1.54, 1.807) is 24.3 Å². The van der Waals surface area contributed by atoms with Crippen molar-refractivity contribution in [2.45, 2.75) is 39.5 Å². The van der Waals surface area contributed by atoms with E-state index in [0.717, 1.165) is 27.8 Å². The fourth-order valence-electron chi connectivity index (χ4n) is 2.99. The summed E-state index contributed by atoms with van der Waals surface area (Å²) in [6.45, 7) is 9.90. The van der Waals surface area contributed by atoms with Crippen LogP contribution in [0.4, 0.5) is 0 Å². The van der Waals surface area contributed by atoms with E-state index < -0.39 is 10.0 Å². The van der Waals surface area contributed by atoms with Crippen molar-refractivity contribution in [2.75, 3.05) is 13.1 Å². The highest BCUT2D eigenvalue weighted by molar-refractivity contribution is 7.89. The molecular weight excluding hydrogens is 348 g/mol. The lowest BCUT2D eigenvalue weighted by molar-refractivity contribution is 0.0954. The molecule has 0 heterocycles. The lowest BCUT2D eigenvalue weighted by atomic mass is 9.95. The number of sulfonamides is 1. The highest BCUT2D eigenvalue weighted by Gasteiger charge is 2.23. The Labute approximate surface area is 155 Å². The Bertz CT molecular complexity index is 891. The zero-order valence-electron chi connectivity index (χ0n) is 15.9. The number of amides is 1. The quantitative estimate of drug-likeness (QED) is 0.764. The predicted octanol–water partition coefficient (Wildman–Crippen LogP) is 2.94. The summed E-state index contributed by atoms with van der Waals surface area (Å²) in [6.07, 6.45) is 0. The predicted molar refractivity (Wildman–Crippen MR) is 104 cm³/mol. The zero-order valence-corrected chi connectivity index (χ0v) is 16.8. The fraction of sp³-hybridized carbons (Fsp3) is 0.350. The van der Waals surface area contributed by atoms with Gasteiger partial charge in [0.15, 0.2) is 0 Å². The van der Waals surface area contributed by atoms with Crippen LogP contribution in [0.3, 0.4) is 0 Å². The third-order valence-electron chi connectivity index (χ3n) is 4.94. The molecule has 2 aromatic carbocycles. The SMILES string of the molecule is Cc1c(C)c(C)c(S(=O)(=O)NCCNC(=O)c2ccccc2)c(C)c1C. The molecule has 0 aliphatic heterocycles. The molecule has 0 bridgehead atoms. The van der Waals surface area contributed by atoms with Crippen LogP contribution in [0.5, 0.6) is 0 Å². The van der Waals surface area contributed by atoms with Crippen molar-refractivity contribution in [1.82, 2.24) is 10.0 Å². The van der Waals surface area contributed by atoms with Crippen LogP contribution in [-0.2, 0) is 10.0 Å². The molecule has 0 aliphatic rings. The first-order chi connectivity index (χ1) is 12.2. The molecule has 140 valence electrons. The van der Waals surface area contributed by atoms with E-state index in [0.29, 0.717) is 10.5 Å². The van der Waals surface area contributed by atoms with Crippen molar-refractivity contribution < 1.29 is 13.2 Å². The van der Waals surface area contributed by atoms with Crippen molar-refractivity contribution in [3.05, 3.63) is 63.7 Å². The standard InChI is InChI=1S/C20H26N2O3S/c1-13-14(2)16(4)19(17(5)15(13)3)26(24,25)22-12-11-21-20(23)18-9-7-6-8-10-18/h6-10,22H,11-12H2,1-5H3,(H,21,23). The maximum atomic E-state index is 12.8. The second kappa shape index (κ2) is 8.01. The van der Waals surface area contributed by atoms with Crippen LogP contribution in [0.25, 0.3) is 0 Å². The molecule has 1 amide bonds.